The summed E-state index contributed by atoms with van der Waals surface area (Å²) < 4.78 is 40.9. The highest BCUT2D eigenvalue weighted by Crippen LogP contribution is 2.32. The molecule has 0 radical (unpaired) electrons. The topological polar surface area (TPSA) is 117 Å². The van der Waals surface area contributed by atoms with Gasteiger partial charge in [-0.25, -0.2) is 8.42 Å². The lowest BCUT2D eigenvalue weighted by molar-refractivity contribution is -0.115. The van der Waals surface area contributed by atoms with Crippen molar-refractivity contribution in [2.45, 2.75) is 11.3 Å². The normalized spacial score (nSPS) is 12.6. The van der Waals surface area contributed by atoms with E-state index in [1.54, 1.807) is 24.3 Å². The number of anilines is 2. The molecule has 10 heteroatoms. The fourth-order valence-electron chi connectivity index (χ4n) is 2.55. The van der Waals surface area contributed by atoms with Gasteiger partial charge in [-0.1, -0.05) is 0 Å². The number of benzene rings is 2. The number of nitrogens with one attached hydrogen (secondary N) is 1. The van der Waals surface area contributed by atoms with Gasteiger partial charge in [0.2, 0.25) is 5.91 Å². The molecule has 152 valence electrons. The molecule has 0 spiro atoms. The molecule has 1 aliphatic rings. The molecular weight excluding hydrogens is 408 g/mol. The largest absolute Gasteiger partial charge is 0.497 e. The lowest BCUT2D eigenvalue weighted by Crippen LogP contribution is -2.19. The number of ether oxygens (including phenoxy) is 3. The average molecular weight is 429 g/mol. The number of sulfone groups is 1. The Morgan fingerprint density at radius 2 is 1.86 bits per heavy atom. The summed E-state index contributed by atoms with van der Waals surface area (Å²) in [7, 11) is -2.16. The van der Waals surface area contributed by atoms with Crippen LogP contribution in [0.3, 0.4) is 0 Å². The summed E-state index contributed by atoms with van der Waals surface area (Å²) in [6.07, 6.45) is -0.215. The van der Waals surface area contributed by atoms with Gasteiger partial charge in [-0.15, -0.1) is 12.4 Å². The summed E-state index contributed by atoms with van der Waals surface area (Å²) in [5, 5.41) is 2.61. The molecule has 0 saturated carbocycles. The number of carbonyl (C=O) groups is 1. The van der Waals surface area contributed by atoms with Crippen LogP contribution in [0.25, 0.3) is 0 Å². The molecule has 1 amide bonds. The maximum absolute atomic E-state index is 12.5. The third-order valence-corrected chi connectivity index (χ3v) is 5.72. The van der Waals surface area contributed by atoms with Crippen LogP contribution in [-0.4, -0.2) is 40.4 Å². The molecule has 2 aromatic carbocycles. The van der Waals surface area contributed by atoms with Crippen molar-refractivity contribution in [3.05, 3.63) is 36.4 Å². The first-order valence-corrected chi connectivity index (χ1v) is 9.90. The van der Waals surface area contributed by atoms with Crippen LogP contribution >= 0.6 is 12.4 Å². The van der Waals surface area contributed by atoms with E-state index in [1.807, 2.05) is 0 Å². The summed E-state index contributed by atoms with van der Waals surface area (Å²) in [6.45, 7) is 0.785. The van der Waals surface area contributed by atoms with Gasteiger partial charge in [0.05, 0.1) is 29.1 Å². The van der Waals surface area contributed by atoms with Crippen molar-refractivity contribution in [3.63, 3.8) is 0 Å². The van der Waals surface area contributed by atoms with Crippen LogP contribution in [0.5, 0.6) is 17.2 Å². The number of rotatable bonds is 6. The minimum Gasteiger partial charge on any atom is -0.497 e. The van der Waals surface area contributed by atoms with Gasteiger partial charge in [0.15, 0.2) is 21.3 Å². The van der Waals surface area contributed by atoms with Gasteiger partial charge in [0, 0.05) is 18.6 Å². The molecule has 0 aromatic heterocycles. The zero-order valence-electron chi connectivity index (χ0n) is 15.1. The Labute approximate surface area is 169 Å². The molecule has 28 heavy (non-hydrogen) atoms. The number of carbonyl (C=O) groups excluding carboxylic acids is 1. The third kappa shape index (κ3) is 4.99. The Hall–Kier alpha value is -2.65. The summed E-state index contributed by atoms with van der Waals surface area (Å²) in [6, 6.07) is 9.25. The van der Waals surface area contributed by atoms with E-state index in [1.165, 1.54) is 19.2 Å². The Morgan fingerprint density at radius 3 is 2.57 bits per heavy atom. The third-order valence-electron chi connectivity index (χ3n) is 4.01. The minimum atomic E-state index is -3.66. The van der Waals surface area contributed by atoms with Crippen molar-refractivity contribution >= 4 is 39.5 Å². The van der Waals surface area contributed by atoms with Gasteiger partial charge in [-0.05, 0) is 24.3 Å². The van der Waals surface area contributed by atoms with Crippen molar-refractivity contribution in [2.24, 2.45) is 0 Å². The van der Waals surface area contributed by atoms with Crippen LogP contribution in [0, 0.1) is 0 Å². The van der Waals surface area contributed by atoms with E-state index in [9.17, 15) is 13.2 Å². The Kier molecular flexibility index (Phi) is 6.98. The first-order chi connectivity index (χ1) is 12.9. The molecule has 0 atom stereocenters. The summed E-state index contributed by atoms with van der Waals surface area (Å²) in [5.74, 6) is 0.615. The van der Waals surface area contributed by atoms with Crippen molar-refractivity contribution in [2.75, 3.05) is 37.1 Å². The van der Waals surface area contributed by atoms with Gasteiger partial charge >= 0.3 is 0 Å². The maximum Gasteiger partial charge on any atom is 0.225 e. The first kappa shape index (κ1) is 21.6. The standard InChI is InChI=1S/C18H20N2O6S.ClH/c1-24-12-2-4-14(19)15(10-12)20-18(21)6-9-27(22,23)13-3-5-16-17(11-13)26-8-7-25-16;/h2-5,10-11H,6-9,19H2,1H3,(H,20,21);1H. The lowest BCUT2D eigenvalue weighted by atomic mass is 10.2. The molecule has 0 fully saturated rings. The van der Waals surface area contributed by atoms with Crippen LogP contribution in [0.4, 0.5) is 11.4 Å². The van der Waals surface area contributed by atoms with Crippen molar-refractivity contribution in [1.29, 1.82) is 0 Å². The number of nitrogens with two attached hydrogens (primary N) is 1. The van der Waals surface area contributed by atoms with E-state index < -0.39 is 15.7 Å². The van der Waals surface area contributed by atoms with Crippen LogP contribution in [0.15, 0.2) is 41.3 Å². The molecule has 1 aliphatic heterocycles. The number of amides is 1. The highest BCUT2D eigenvalue weighted by atomic mass is 35.5. The number of hydrogen-bond donors (Lipinski definition) is 2. The van der Waals surface area contributed by atoms with Gasteiger partial charge < -0.3 is 25.3 Å². The van der Waals surface area contributed by atoms with Gasteiger partial charge in [-0.2, -0.15) is 0 Å². The smallest absolute Gasteiger partial charge is 0.225 e. The zero-order valence-corrected chi connectivity index (χ0v) is 16.8. The van der Waals surface area contributed by atoms with E-state index >= 15 is 0 Å². The number of halogens is 1. The van der Waals surface area contributed by atoms with Gasteiger partial charge in [-0.3, -0.25) is 4.79 Å². The number of hydrogen-bond acceptors (Lipinski definition) is 7. The number of methoxy groups -OCH3 is 1. The van der Waals surface area contributed by atoms with E-state index in [0.717, 1.165) is 0 Å². The van der Waals surface area contributed by atoms with Crippen molar-refractivity contribution in [3.8, 4) is 17.2 Å². The van der Waals surface area contributed by atoms with E-state index in [-0.39, 0.29) is 29.5 Å². The molecule has 0 aliphatic carbocycles. The van der Waals surface area contributed by atoms with Gasteiger partial charge in [0.25, 0.3) is 0 Å². The lowest BCUT2D eigenvalue weighted by Gasteiger charge is -2.18. The Balaban J connectivity index is 0.00000280. The second-order valence-corrected chi connectivity index (χ2v) is 7.98. The maximum atomic E-state index is 12.5. The Morgan fingerprint density at radius 1 is 1.14 bits per heavy atom. The molecule has 8 nitrogen and oxygen atoms in total. The summed E-state index contributed by atoms with van der Waals surface area (Å²) in [5.41, 5.74) is 6.55. The predicted molar refractivity (Wildman–Crippen MR) is 107 cm³/mol. The monoisotopic (exact) mass is 428 g/mol. The minimum absolute atomic E-state index is 0. The Bertz CT molecular complexity index is 965. The van der Waals surface area contributed by atoms with Crippen molar-refractivity contribution < 1.29 is 27.4 Å². The molecule has 1 heterocycles. The molecular formula is C18H21ClN2O6S. The van der Waals surface area contributed by atoms with E-state index in [0.29, 0.717) is 41.8 Å². The molecule has 0 unspecified atom stereocenters. The van der Waals surface area contributed by atoms with Crippen LogP contribution in [0.2, 0.25) is 0 Å². The average Bonchev–Trinajstić information content (AvgIpc) is 2.68. The molecule has 3 N–H and O–H groups in total. The van der Waals surface area contributed by atoms with E-state index in [2.05, 4.69) is 5.32 Å². The zero-order chi connectivity index (χ0) is 19.4. The van der Waals surface area contributed by atoms with Crippen LogP contribution < -0.4 is 25.3 Å². The predicted octanol–water partition coefficient (Wildman–Crippen LogP) is 2.27. The fourth-order valence-corrected chi connectivity index (χ4v) is 3.80. The summed E-state index contributed by atoms with van der Waals surface area (Å²) in [4.78, 5) is 12.2. The SMILES string of the molecule is COc1ccc(N)c(NC(=O)CCS(=O)(=O)c2ccc3c(c2)OCCO3)c1.Cl. The number of nitrogen functional groups attached to an aromatic ring is 1. The highest BCUT2D eigenvalue weighted by Gasteiger charge is 2.21. The van der Waals surface area contributed by atoms with Crippen LogP contribution in [-0.2, 0) is 14.6 Å². The van der Waals surface area contributed by atoms with Gasteiger partial charge in [0.1, 0.15) is 19.0 Å². The fraction of sp³-hybridized carbons (Fsp3) is 0.278. The quantitative estimate of drug-likeness (QED) is 0.677. The molecule has 2 aromatic rings. The highest BCUT2D eigenvalue weighted by molar-refractivity contribution is 7.91. The molecule has 0 bridgehead atoms. The summed E-state index contributed by atoms with van der Waals surface area (Å²) >= 11 is 0. The molecule has 3 rings (SSSR count). The second kappa shape index (κ2) is 9.03. The number of fused-ring (bicyclic) bond motifs is 1. The first-order valence-electron chi connectivity index (χ1n) is 8.25. The van der Waals surface area contributed by atoms with Crippen LogP contribution in [0.1, 0.15) is 6.42 Å². The molecule has 0 saturated heterocycles. The van der Waals surface area contributed by atoms with E-state index in [4.69, 9.17) is 19.9 Å². The second-order valence-electron chi connectivity index (χ2n) is 5.88. The van der Waals surface area contributed by atoms with Crippen molar-refractivity contribution in [1.82, 2.24) is 0 Å².